The first kappa shape index (κ1) is 25.4. The third kappa shape index (κ3) is 5.39. The number of fused-ring (bicyclic) bond motifs is 2. The number of aliphatic hydroxyl groups excluding tert-OH is 1. The summed E-state index contributed by atoms with van der Waals surface area (Å²) in [6, 6.07) is 9.79. The number of para-hydroxylation sites is 1. The van der Waals surface area contributed by atoms with Gasteiger partial charge in [0, 0.05) is 17.4 Å². The molecule has 3 aromatic rings. The first-order chi connectivity index (χ1) is 17.6. The van der Waals surface area contributed by atoms with Crippen molar-refractivity contribution in [1.29, 1.82) is 0 Å². The minimum Gasteiger partial charge on any atom is -0.406 e. The van der Waals surface area contributed by atoms with E-state index in [0.29, 0.717) is 12.2 Å². The molecule has 2 aromatic carbocycles. The number of ether oxygens (including phenoxy) is 2. The van der Waals surface area contributed by atoms with Gasteiger partial charge < -0.3 is 19.5 Å². The van der Waals surface area contributed by atoms with Crippen LogP contribution in [0, 0.1) is 0 Å². The van der Waals surface area contributed by atoms with E-state index in [-0.39, 0.29) is 18.1 Å². The number of alkyl halides is 3. The van der Waals surface area contributed by atoms with Crippen LogP contribution in [0.4, 0.5) is 24.7 Å². The van der Waals surface area contributed by atoms with E-state index in [1.165, 1.54) is 6.33 Å². The van der Waals surface area contributed by atoms with Gasteiger partial charge in [-0.05, 0) is 48.7 Å². The van der Waals surface area contributed by atoms with Gasteiger partial charge in [0.1, 0.15) is 17.9 Å². The second kappa shape index (κ2) is 9.89. The second-order valence-electron chi connectivity index (χ2n) is 8.71. The fourth-order valence-electron chi connectivity index (χ4n) is 4.62. The van der Waals surface area contributed by atoms with Crippen LogP contribution in [0.1, 0.15) is 11.1 Å². The second-order valence-corrected chi connectivity index (χ2v) is 10.4. The molecular formula is C24H23F3N4O5S. The molecule has 2 aliphatic heterocycles. The van der Waals surface area contributed by atoms with Crippen molar-refractivity contribution in [3.63, 3.8) is 0 Å². The molecule has 0 saturated carbocycles. The van der Waals surface area contributed by atoms with Crippen LogP contribution in [0.2, 0.25) is 0 Å². The van der Waals surface area contributed by atoms with Gasteiger partial charge in [-0.2, -0.15) is 0 Å². The van der Waals surface area contributed by atoms with Gasteiger partial charge in [-0.3, -0.25) is 0 Å². The molecule has 9 nitrogen and oxygen atoms in total. The van der Waals surface area contributed by atoms with Crippen LogP contribution in [-0.4, -0.2) is 61.3 Å². The lowest BCUT2D eigenvalue weighted by molar-refractivity contribution is -0.274. The number of aliphatic hydroxyl groups is 1. The minimum absolute atomic E-state index is 0.0989. The zero-order valence-corrected chi connectivity index (χ0v) is 20.1. The molecule has 13 heteroatoms. The number of hydrogen-bond acceptors (Lipinski definition) is 8. The van der Waals surface area contributed by atoms with E-state index in [4.69, 9.17) is 4.74 Å². The van der Waals surface area contributed by atoms with Crippen LogP contribution in [-0.2, 0) is 27.6 Å². The third-order valence-electron chi connectivity index (χ3n) is 6.31. The highest BCUT2D eigenvalue weighted by atomic mass is 32.2. The van der Waals surface area contributed by atoms with Crippen molar-refractivity contribution < 1.29 is 36.2 Å². The Morgan fingerprint density at radius 3 is 2.54 bits per heavy atom. The predicted octanol–water partition coefficient (Wildman–Crippen LogP) is 2.72. The number of aromatic nitrogens is 2. The lowest BCUT2D eigenvalue weighted by atomic mass is 9.99. The van der Waals surface area contributed by atoms with E-state index in [0.717, 1.165) is 47.5 Å². The van der Waals surface area contributed by atoms with Gasteiger partial charge in [-0.15, -0.1) is 13.2 Å². The molecule has 3 heterocycles. The molecule has 2 N–H and O–H groups in total. The lowest BCUT2D eigenvalue weighted by Gasteiger charge is -2.42. The highest BCUT2D eigenvalue weighted by Gasteiger charge is 2.41. The van der Waals surface area contributed by atoms with Gasteiger partial charge >= 0.3 is 6.36 Å². The third-order valence-corrected chi connectivity index (χ3v) is 7.81. The van der Waals surface area contributed by atoms with Crippen LogP contribution in [0.25, 0.3) is 0 Å². The maximum atomic E-state index is 13.0. The number of nitrogens with zero attached hydrogens (tertiary/aromatic N) is 3. The molecule has 37 heavy (non-hydrogen) atoms. The molecule has 0 aliphatic carbocycles. The van der Waals surface area contributed by atoms with E-state index >= 15 is 0 Å². The summed E-state index contributed by atoms with van der Waals surface area (Å²) in [5, 5.41) is 11.4. The standard InChI is InChI=1S/C24H23F3N4O5S/c25-24(26,27)36-17-7-9-18(10-8-17)37(33,34)30-19-12-35-13-21(22(19)32)31-20-4-2-1-3-15(20)5-6-16-11-28-14-29-23(16)31/h1-4,7-11,14,19,21-22,30,32H,5-6,12-13H2/t19?,21?,22-/m0/s1. The number of rotatable bonds is 5. The molecule has 3 atom stereocenters. The van der Waals surface area contributed by atoms with Crippen LogP contribution in [0.15, 0.2) is 66.0 Å². The number of halogens is 3. The normalized spacial score (nSPS) is 22.1. The number of nitrogens with one attached hydrogen (secondary N) is 1. The number of benzene rings is 2. The predicted molar refractivity (Wildman–Crippen MR) is 126 cm³/mol. The first-order valence-electron chi connectivity index (χ1n) is 11.4. The summed E-state index contributed by atoms with van der Waals surface area (Å²) in [5.41, 5.74) is 2.75. The summed E-state index contributed by atoms with van der Waals surface area (Å²) in [4.78, 5) is 10.2. The summed E-state index contributed by atoms with van der Waals surface area (Å²) in [6.07, 6.45) is -1.53. The average Bonchev–Trinajstić information content (AvgIpc) is 3.02. The molecule has 0 bridgehead atoms. The Morgan fingerprint density at radius 1 is 1.05 bits per heavy atom. The molecular weight excluding hydrogens is 513 g/mol. The Morgan fingerprint density at radius 2 is 1.78 bits per heavy atom. The first-order valence-corrected chi connectivity index (χ1v) is 12.9. The van der Waals surface area contributed by atoms with Crippen LogP contribution < -0.4 is 14.4 Å². The smallest absolute Gasteiger partial charge is 0.406 e. The van der Waals surface area contributed by atoms with Gasteiger partial charge in [0.2, 0.25) is 10.0 Å². The van der Waals surface area contributed by atoms with Gasteiger partial charge in [-0.1, -0.05) is 18.2 Å². The largest absolute Gasteiger partial charge is 0.573 e. The minimum atomic E-state index is -4.90. The van der Waals surface area contributed by atoms with E-state index in [1.54, 1.807) is 6.20 Å². The fraction of sp³-hybridized carbons (Fsp3) is 0.333. The Kier molecular flexibility index (Phi) is 6.79. The summed E-state index contributed by atoms with van der Waals surface area (Å²) in [7, 11) is -4.21. The molecule has 1 fully saturated rings. The highest BCUT2D eigenvalue weighted by Crippen LogP contribution is 2.38. The van der Waals surface area contributed by atoms with E-state index in [2.05, 4.69) is 19.4 Å². The molecule has 1 saturated heterocycles. The Hall–Kier alpha value is -3.26. The summed E-state index contributed by atoms with van der Waals surface area (Å²) >= 11 is 0. The van der Waals surface area contributed by atoms with Gasteiger partial charge in [0.15, 0.2) is 0 Å². The number of sulfonamides is 1. The van der Waals surface area contributed by atoms with Crippen molar-refractivity contribution in [2.24, 2.45) is 0 Å². The zero-order chi connectivity index (χ0) is 26.2. The van der Waals surface area contributed by atoms with E-state index in [1.807, 2.05) is 29.2 Å². The molecule has 5 rings (SSSR count). The van der Waals surface area contributed by atoms with Gasteiger partial charge in [0.25, 0.3) is 0 Å². The van der Waals surface area contributed by atoms with Crippen molar-refractivity contribution in [2.75, 3.05) is 18.1 Å². The maximum absolute atomic E-state index is 13.0. The maximum Gasteiger partial charge on any atom is 0.573 e. The lowest BCUT2D eigenvalue weighted by Crippen LogP contribution is -2.60. The average molecular weight is 537 g/mol. The molecule has 2 aliphatic rings. The Bertz CT molecular complexity index is 1320. The van der Waals surface area contributed by atoms with Gasteiger partial charge in [0.05, 0.1) is 36.3 Å². The fourth-order valence-corrected chi connectivity index (χ4v) is 5.86. The molecule has 0 radical (unpaired) electrons. The summed E-state index contributed by atoms with van der Waals surface area (Å²) in [5.74, 6) is 0.0596. The van der Waals surface area contributed by atoms with E-state index in [9.17, 15) is 26.7 Å². The van der Waals surface area contributed by atoms with Crippen LogP contribution in [0.3, 0.4) is 0 Å². The topological polar surface area (TPSA) is 114 Å². The van der Waals surface area contributed by atoms with Gasteiger partial charge in [-0.25, -0.2) is 23.1 Å². The molecule has 0 amide bonds. The molecule has 0 spiro atoms. The number of aryl methyl sites for hydroxylation is 2. The highest BCUT2D eigenvalue weighted by molar-refractivity contribution is 7.89. The van der Waals surface area contributed by atoms with Crippen molar-refractivity contribution >= 4 is 21.5 Å². The Balaban J connectivity index is 1.41. The number of hydrogen-bond donors (Lipinski definition) is 2. The summed E-state index contributed by atoms with van der Waals surface area (Å²) < 4.78 is 75.2. The SMILES string of the molecule is O=S(=O)(NC1COCC(N2c3ccccc3CCc3cncnc32)[C@H]1O)c1ccc(OC(F)(F)F)cc1. The van der Waals surface area contributed by atoms with Crippen molar-refractivity contribution in [3.05, 3.63) is 72.2 Å². The van der Waals surface area contributed by atoms with E-state index < -0.39 is 40.3 Å². The number of anilines is 2. The van der Waals surface area contributed by atoms with Crippen LogP contribution in [0.5, 0.6) is 5.75 Å². The molecule has 196 valence electrons. The quantitative estimate of drug-likeness (QED) is 0.512. The van der Waals surface area contributed by atoms with Crippen molar-refractivity contribution in [2.45, 2.75) is 42.3 Å². The molecule has 2 unspecified atom stereocenters. The monoisotopic (exact) mass is 536 g/mol. The summed E-state index contributed by atoms with van der Waals surface area (Å²) in [6.45, 7) is 0.0128. The van der Waals surface area contributed by atoms with Crippen molar-refractivity contribution in [3.8, 4) is 5.75 Å². The zero-order valence-electron chi connectivity index (χ0n) is 19.3. The molecule has 1 aromatic heterocycles. The Labute approximate surface area is 210 Å². The van der Waals surface area contributed by atoms with Crippen molar-refractivity contribution in [1.82, 2.24) is 14.7 Å². The van der Waals surface area contributed by atoms with Crippen LogP contribution >= 0.6 is 0 Å².